The molecule has 0 saturated carbocycles. The molecule has 0 radical (unpaired) electrons. The summed E-state index contributed by atoms with van der Waals surface area (Å²) in [6.07, 6.45) is -4.83. The smallest absolute Gasteiger partial charge is 0.405 e. The highest BCUT2D eigenvalue weighted by Gasteiger charge is 2.45. The molecule has 106 valence electrons. The second kappa shape index (κ2) is 6.95. The van der Waals surface area contributed by atoms with Gasteiger partial charge in [-0.2, -0.15) is 13.2 Å². The molecule has 1 aromatic rings. The van der Waals surface area contributed by atoms with Crippen molar-refractivity contribution in [2.75, 3.05) is 6.61 Å². The summed E-state index contributed by atoms with van der Waals surface area (Å²) >= 11 is 5.94. The second-order valence-electron chi connectivity index (χ2n) is 3.44. The normalized spacial score (nSPS) is 13.2. The molecule has 3 nitrogen and oxygen atoms in total. The number of rotatable bonds is 4. The van der Waals surface area contributed by atoms with E-state index in [1.54, 1.807) is 12.1 Å². The van der Waals surface area contributed by atoms with Crippen LogP contribution in [0.5, 0.6) is 5.75 Å². The molecule has 1 unspecified atom stereocenters. The van der Waals surface area contributed by atoms with Gasteiger partial charge in [-0.1, -0.05) is 0 Å². The third-order valence-electron chi connectivity index (χ3n) is 2.05. The minimum atomic E-state index is -4.83. The Kier molecular flexibility index (Phi) is 6.41. The minimum Gasteiger partial charge on any atom is -0.490 e. The number of hydrogen-bond acceptors (Lipinski definition) is 2. The van der Waals surface area contributed by atoms with Gasteiger partial charge in [-0.25, -0.2) is 0 Å². The van der Waals surface area contributed by atoms with Gasteiger partial charge >= 0.3 is 12.1 Å². The van der Waals surface area contributed by atoms with Crippen LogP contribution >= 0.6 is 67.8 Å². The molecule has 0 spiro atoms. The molecule has 0 aliphatic heterocycles. The van der Waals surface area contributed by atoms with Gasteiger partial charge in [0.2, 0.25) is 0 Å². The molecule has 0 aliphatic rings. The Morgan fingerprint density at radius 3 is 2.11 bits per heavy atom. The van der Waals surface area contributed by atoms with E-state index in [4.69, 9.17) is 9.84 Å². The third kappa shape index (κ3) is 5.06. The molecule has 0 fully saturated rings. The van der Waals surface area contributed by atoms with Crippen molar-refractivity contribution in [3.8, 4) is 5.75 Å². The Labute approximate surface area is 147 Å². The SMILES string of the molecule is O=C(O)C(COc1c(I)cc(I)cc1I)C(F)(F)F. The molecule has 1 atom stereocenters. The average Bonchev–Trinajstić information content (AvgIpc) is 2.18. The van der Waals surface area contributed by atoms with Gasteiger partial charge in [0.1, 0.15) is 12.4 Å². The number of carbonyl (C=O) groups is 1. The second-order valence-corrected chi connectivity index (χ2v) is 7.01. The Morgan fingerprint density at radius 2 is 1.74 bits per heavy atom. The maximum Gasteiger partial charge on any atom is 0.405 e. The van der Waals surface area contributed by atoms with Crippen LogP contribution in [0.1, 0.15) is 0 Å². The maximum atomic E-state index is 12.5. The quantitative estimate of drug-likeness (QED) is 0.521. The topological polar surface area (TPSA) is 46.5 Å². The molecular weight excluding hydrogens is 606 g/mol. The van der Waals surface area contributed by atoms with Crippen molar-refractivity contribution in [2.45, 2.75) is 6.18 Å². The van der Waals surface area contributed by atoms with Crippen molar-refractivity contribution >= 4 is 73.7 Å². The molecule has 0 aliphatic carbocycles. The molecule has 0 amide bonds. The lowest BCUT2D eigenvalue weighted by molar-refractivity contribution is -0.198. The molecule has 19 heavy (non-hydrogen) atoms. The van der Waals surface area contributed by atoms with Crippen molar-refractivity contribution in [3.63, 3.8) is 0 Å². The van der Waals surface area contributed by atoms with Gasteiger partial charge < -0.3 is 9.84 Å². The Morgan fingerprint density at radius 1 is 1.26 bits per heavy atom. The van der Waals surface area contributed by atoms with Crippen molar-refractivity contribution < 1.29 is 27.8 Å². The van der Waals surface area contributed by atoms with Crippen molar-refractivity contribution in [2.24, 2.45) is 5.92 Å². The van der Waals surface area contributed by atoms with Crippen LogP contribution in [0.15, 0.2) is 12.1 Å². The van der Waals surface area contributed by atoms with E-state index in [1.165, 1.54) is 0 Å². The van der Waals surface area contributed by atoms with E-state index >= 15 is 0 Å². The standard InChI is InChI=1S/C10H6F3I3O3/c11-10(12,13)5(9(17)18)3-19-8-6(15)1-4(14)2-7(8)16/h1-2,5H,3H2,(H,17,18). The summed E-state index contributed by atoms with van der Waals surface area (Å²) in [4.78, 5) is 10.6. The molecule has 9 heteroatoms. The zero-order valence-corrected chi connectivity index (χ0v) is 15.4. The molecular formula is C10H6F3I3O3. The van der Waals surface area contributed by atoms with E-state index in [2.05, 4.69) is 22.6 Å². The molecule has 0 bridgehead atoms. The Balaban J connectivity index is 2.90. The van der Waals surface area contributed by atoms with Gasteiger partial charge in [-0.05, 0) is 79.9 Å². The predicted molar refractivity (Wildman–Crippen MR) is 87.3 cm³/mol. The molecule has 0 heterocycles. The molecule has 0 aromatic heterocycles. The summed E-state index contributed by atoms with van der Waals surface area (Å²) in [5.41, 5.74) is 0. The lowest BCUT2D eigenvalue weighted by Crippen LogP contribution is -2.35. The van der Waals surface area contributed by atoms with Crippen LogP contribution in [0.2, 0.25) is 0 Å². The van der Waals surface area contributed by atoms with E-state index in [9.17, 15) is 18.0 Å². The monoisotopic (exact) mass is 612 g/mol. The van der Waals surface area contributed by atoms with Crippen LogP contribution in [0, 0.1) is 16.6 Å². The highest BCUT2D eigenvalue weighted by atomic mass is 127. The average molecular weight is 612 g/mol. The zero-order valence-electron chi connectivity index (χ0n) is 8.97. The van der Waals surface area contributed by atoms with Gasteiger partial charge in [0.25, 0.3) is 0 Å². The van der Waals surface area contributed by atoms with Crippen molar-refractivity contribution in [1.29, 1.82) is 0 Å². The summed E-state index contributed by atoms with van der Waals surface area (Å²) in [6.45, 7) is -0.939. The summed E-state index contributed by atoms with van der Waals surface area (Å²) < 4.78 is 44.7. The van der Waals surface area contributed by atoms with Gasteiger partial charge in [0, 0.05) is 3.57 Å². The Bertz CT molecular complexity index is 468. The lowest BCUT2D eigenvalue weighted by atomic mass is 10.1. The molecule has 1 rings (SSSR count). The summed E-state index contributed by atoms with van der Waals surface area (Å²) in [6, 6.07) is 3.48. The highest BCUT2D eigenvalue weighted by molar-refractivity contribution is 14.1. The summed E-state index contributed by atoms with van der Waals surface area (Å²) in [7, 11) is 0. The molecule has 1 N–H and O–H groups in total. The number of ether oxygens (including phenoxy) is 1. The third-order valence-corrected chi connectivity index (χ3v) is 4.28. The Hall–Kier alpha value is 0.470. The van der Waals surface area contributed by atoms with Crippen LogP contribution in [0.4, 0.5) is 13.2 Å². The maximum absolute atomic E-state index is 12.5. The molecule has 0 saturated heterocycles. The van der Waals surface area contributed by atoms with Crippen LogP contribution in [0.3, 0.4) is 0 Å². The van der Waals surface area contributed by atoms with Gasteiger partial charge in [0.15, 0.2) is 5.92 Å². The first kappa shape index (κ1) is 17.5. The van der Waals surface area contributed by atoms with Gasteiger partial charge in [-0.15, -0.1) is 0 Å². The fourth-order valence-electron chi connectivity index (χ4n) is 1.14. The number of carboxylic acids is 1. The van der Waals surface area contributed by atoms with Crippen molar-refractivity contribution in [1.82, 2.24) is 0 Å². The zero-order chi connectivity index (χ0) is 14.8. The van der Waals surface area contributed by atoms with Crippen LogP contribution in [-0.4, -0.2) is 23.9 Å². The van der Waals surface area contributed by atoms with E-state index in [-0.39, 0.29) is 5.75 Å². The number of hydrogen-bond donors (Lipinski definition) is 1. The first-order valence-corrected chi connectivity index (χ1v) is 7.93. The number of benzene rings is 1. The number of halogens is 6. The number of alkyl halides is 3. The van der Waals surface area contributed by atoms with Crippen LogP contribution in [-0.2, 0) is 4.79 Å². The van der Waals surface area contributed by atoms with Gasteiger partial charge in [-0.3, -0.25) is 4.79 Å². The van der Waals surface area contributed by atoms with E-state index in [0.717, 1.165) is 3.57 Å². The first-order chi connectivity index (χ1) is 8.62. The first-order valence-electron chi connectivity index (χ1n) is 4.69. The lowest BCUT2D eigenvalue weighted by Gasteiger charge is -2.18. The fraction of sp³-hybridized carbons (Fsp3) is 0.300. The van der Waals surface area contributed by atoms with Gasteiger partial charge in [0.05, 0.1) is 7.14 Å². The van der Waals surface area contributed by atoms with E-state index in [0.29, 0.717) is 7.14 Å². The largest absolute Gasteiger partial charge is 0.490 e. The molecule has 1 aromatic carbocycles. The number of aliphatic carboxylic acids is 1. The highest BCUT2D eigenvalue weighted by Crippen LogP contribution is 2.32. The summed E-state index contributed by atoms with van der Waals surface area (Å²) in [5.74, 6) is -4.20. The minimum absolute atomic E-state index is 0.275. The van der Waals surface area contributed by atoms with Crippen molar-refractivity contribution in [3.05, 3.63) is 22.8 Å². The summed E-state index contributed by atoms with van der Waals surface area (Å²) in [5, 5.41) is 8.56. The predicted octanol–water partition coefficient (Wildman–Crippen LogP) is 4.14. The van der Waals surface area contributed by atoms with Crippen LogP contribution < -0.4 is 4.74 Å². The fourth-order valence-corrected chi connectivity index (χ4v) is 5.03. The van der Waals surface area contributed by atoms with E-state index in [1.807, 2.05) is 45.2 Å². The number of carboxylic acid groups (broad SMARTS) is 1. The van der Waals surface area contributed by atoms with Crippen LogP contribution in [0.25, 0.3) is 0 Å². The van der Waals surface area contributed by atoms with E-state index < -0.39 is 24.7 Å².